The van der Waals surface area contributed by atoms with Crippen molar-refractivity contribution in [2.75, 3.05) is 25.5 Å². The summed E-state index contributed by atoms with van der Waals surface area (Å²) in [5.41, 5.74) is 2.03. The van der Waals surface area contributed by atoms with Crippen molar-refractivity contribution in [2.24, 2.45) is 11.8 Å². The van der Waals surface area contributed by atoms with Gasteiger partial charge in [0.1, 0.15) is 0 Å². The number of esters is 1. The first kappa shape index (κ1) is 17.5. The van der Waals surface area contributed by atoms with Crippen LogP contribution in [-0.2, 0) is 9.53 Å². The first-order valence-corrected chi connectivity index (χ1v) is 8.20. The molecule has 5 heteroatoms. The quantitative estimate of drug-likeness (QED) is 0.819. The van der Waals surface area contributed by atoms with Gasteiger partial charge >= 0.3 is 5.97 Å². The fraction of sp³-hybridized carbons (Fsp3) is 0.556. The van der Waals surface area contributed by atoms with Crippen molar-refractivity contribution in [3.63, 3.8) is 0 Å². The molecule has 1 amide bonds. The van der Waals surface area contributed by atoms with E-state index in [1.807, 2.05) is 6.92 Å². The zero-order chi connectivity index (χ0) is 16.8. The Balaban J connectivity index is 1.92. The second-order valence-electron chi connectivity index (χ2n) is 6.34. The summed E-state index contributed by atoms with van der Waals surface area (Å²) in [6.45, 7) is 6.08. The number of carbonyl (C=O) groups excluding carboxylic acids is 2. The van der Waals surface area contributed by atoms with E-state index in [0.717, 1.165) is 37.2 Å². The Bertz CT molecular complexity index is 565. The Morgan fingerprint density at radius 2 is 2.04 bits per heavy atom. The summed E-state index contributed by atoms with van der Waals surface area (Å²) in [7, 11) is 1.36. The third-order valence-corrected chi connectivity index (χ3v) is 4.61. The maximum Gasteiger partial charge on any atom is 0.338 e. The molecule has 2 N–H and O–H groups in total. The standard InChI is InChI=1S/C18H26N2O3/c1-12(14-6-8-19-9-7-14)11-17(21)20-15-4-5-16(13(2)10-15)18(22)23-3/h4-5,10,12,14,19H,6-9,11H2,1-3H3,(H,20,21). The van der Waals surface area contributed by atoms with E-state index in [-0.39, 0.29) is 11.9 Å². The van der Waals surface area contributed by atoms with Crippen LogP contribution in [0.25, 0.3) is 0 Å². The van der Waals surface area contributed by atoms with Crippen LogP contribution in [0.4, 0.5) is 5.69 Å². The highest BCUT2D eigenvalue weighted by Gasteiger charge is 2.22. The van der Waals surface area contributed by atoms with Crippen LogP contribution in [-0.4, -0.2) is 32.1 Å². The minimum atomic E-state index is -0.361. The first-order chi connectivity index (χ1) is 11.0. The summed E-state index contributed by atoms with van der Waals surface area (Å²) >= 11 is 0. The Morgan fingerprint density at radius 3 is 2.65 bits per heavy atom. The van der Waals surface area contributed by atoms with Gasteiger partial charge < -0.3 is 15.4 Å². The number of anilines is 1. The fourth-order valence-corrected chi connectivity index (χ4v) is 3.16. The molecule has 1 aliphatic rings. The lowest BCUT2D eigenvalue weighted by Gasteiger charge is -2.27. The summed E-state index contributed by atoms with van der Waals surface area (Å²) in [5, 5.41) is 6.28. The number of rotatable bonds is 5. The molecular weight excluding hydrogens is 292 g/mol. The number of hydrogen-bond acceptors (Lipinski definition) is 4. The van der Waals surface area contributed by atoms with E-state index >= 15 is 0 Å². The summed E-state index contributed by atoms with van der Waals surface area (Å²) in [5.74, 6) is 0.666. The number of nitrogens with one attached hydrogen (secondary N) is 2. The third kappa shape index (κ3) is 4.79. The molecule has 23 heavy (non-hydrogen) atoms. The molecule has 1 unspecified atom stereocenters. The highest BCUT2D eigenvalue weighted by molar-refractivity contribution is 5.94. The summed E-state index contributed by atoms with van der Waals surface area (Å²) in [4.78, 5) is 23.8. The van der Waals surface area contributed by atoms with E-state index in [1.54, 1.807) is 18.2 Å². The van der Waals surface area contributed by atoms with E-state index < -0.39 is 0 Å². The molecule has 0 spiro atoms. The van der Waals surface area contributed by atoms with Gasteiger partial charge in [-0.1, -0.05) is 6.92 Å². The van der Waals surface area contributed by atoms with E-state index in [0.29, 0.717) is 23.8 Å². The van der Waals surface area contributed by atoms with Crippen molar-refractivity contribution in [3.05, 3.63) is 29.3 Å². The number of methoxy groups -OCH3 is 1. The maximum atomic E-state index is 12.2. The van der Waals surface area contributed by atoms with Crippen LogP contribution < -0.4 is 10.6 Å². The van der Waals surface area contributed by atoms with Gasteiger partial charge in [0.05, 0.1) is 12.7 Å². The van der Waals surface area contributed by atoms with Gasteiger partial charge in [-0.3, -0.25) is 4.79 Å². The number of piperidine rings is 1. The Kier molecular flexibility index (Phi) is 6.16. The topological polar surface area (TPSA) is 67.4 Å². The summed E-state index contributed by atoms with van der Waals surface area (Å²) in [6, 6.07) is 5.23. The largest absolute Gasteiger partial charge is 0.465 e. The molecule has 0 radical (unpaired) electrons. The minimum absolute atomic E-state index is 0.0289. The molecule has 0 bridgehead atoms. The Hall–Kier alpha value is -1.88. The van der Waals surface area contributed by atoms with Gasteiger partial charge in [-0.25, -0.2) is 4.79 Å². The molecule has 2 rings (SSSR count). The number of ether oxygens (including phenoxy) is 1. The number of amides is 1. The second-order valence-corrected chi connectivity index (χ2v) is 6.34. The fourth-order valence-electron chi connectivity index (χ4n) is 3.16. The lowest BCUT2D eigenvalue weighted by molar-refractivity contribution is -0.117. The SMILES string of the molecule is COC(=O)c1ccc(NC(=O)CC(C)C2CCNCC2)cc1C. The van der Waals surface area contributed by atoms with Crippen LogP contribution in [0.5, 0.6) is 0 Å². The van der Waals surface area contributed by atoms with Gasteiger partial charge in [0.2, 0.25) is 5.91 Å². The lowest BCUT2D eigenvalue weighted by atomic mass is 9.84. The first-order valence-electron chi connectivity index (χ1n) is 8.20. The average Bonchev–Trinajstić information content (AvgIpc) is 2.55. The predicted molar refractivity (Wildman–Crippen MR) is 90.5 cm³/mol. The summed E-state index contributed by atoms with van der Waals surface area (Å²) in [6.07, 6.45) is 2.81. The predicted octanol–water partition coefficient (Wildman–Crippen LogP) is 2.75. The smallest absolute Gasteiger partial charge is 0.338 e. The van der Waals surface area contributed by atoms with E-state index in [4.69, 9.17) is 4.74 Å². The number of carbonyl (C=O) groups is 2. The molecule has 1 heterocycles. The third-order valence-electron chi connectivity index (χ3n) is 4.61. The molecule has 1 saturated heterocycles. The monoisotopic (exact) mass is 318 g/mol. The van der Waals surface area contributed by atoms with Crippen LogP contribution in [0, 0.1) is 18.8 Å². The van der Waals surface area contributed by atoms with Crippen LogP contribution >= 0.6 is 0 Å². The molecule has 1 aliphatic heterocycles. The van der Waals surface area contributed by atoms with Gasteiger partial charge in [-0.15, -0.1) is 0 Å². The molecule has 1 fully saturated rings. The lowest BCUT2D eigenvalue weighted by Crippen LogP contribution is -2.32. The van der Waals surface area contributed by atoms with Crippen LogP contribution in [0.3, 0.4) is 0 Å². The Morgan fingerprint density at radius 1 is 1.35 bits per heavy atom. The van der Waals surface area contributed by atoms with Crippen molar-refractivity contribution in [3.8, 4) is 0 Å². The molecule has 0 saturated carbocycles. The van der Waals surface area contributed by atoms with Gasteiger partial charge in [-0.05, 0) is 68.5 Å². The number of benzene rings is 1. The van der Waals surface area contributed by atoms with E-state index in [1.165, 1.54) is 7.11 Å². The highest BCUT2D eigenvalue weighted by atomic mass is 16.5. The molecule has 126 valence electrons. The molecule has 5 nitrogen and oxygen atoms in total. The molecule has 1 aromatic carbocycles. The van der Waals surface area contributed by atoms with Gasteiger partial charge in [0, 0.05) is 12.1 Å². The molecule has 1 aromatic rings. The zero-order valence-electron chi connectivity index (χ0n) is 14.1. The van der Waals surface area contributed by atoms with E-state index in [2.05, 4.69) is 17.6 Å². The van der Waals surface area contributed by atoms with Crippen LogP contribution in [0.15, 0.2) is 18.2 Å². The van der Waals surface area contributed by atoms with Gasteiger partial charge in [0.15, 0.2) is 0 Å². The summed E-state index contributed by atoms with van der Waals surface area (Å²) < 4.78 is 4.73. The van der Waals surface area contributed by atoms with Gasteiger partial charge in [-0.2, -0.15) is 0 Å². The molecular formula is C18H26N2O3. The minimum Gasteiger partial charge on any atom is -0.465 e. The van der Waals surface area contributed by atoms with Crippen molar-refractivity contribution >= 4 is 17.6 Å². The van der Waals surface area contributed by atoms with E-state index in [9.17, 15) is 9.59 Å². The van der Waals surface area contributed by atoms with Crippen molar-refractivity contribution < 1.29 is 14.3 Å². The van der Waals surface area contributed by atoms with Crippen molar-refractivity contribution in [2.45, 2.75) is 33.1 Å². The van der Waals surface area contributed by atoms with Crippen LogP contribution in [0.1, 0.15) is 42.1 Å². The molecule has 0 aliphatic carbocycles. The number of aryl methyl sites for hydroxylation is 1. The molecule has 0 aromatic heterocycles. The maximum absolute atomic E-state index is 12.2. The second kappa shape index (κ2) is 8.11. The van der Waals surface area contributed by atoms with Crippen molar-refractivity contribution in [1.82, 2.24) is 5.32 Å². The highest BCUT2D eigenvalue weighted by Crippen LogP contribution is 2.25. The van der Waals surface area contributed by atoms with Gasteiger partial charge in [0.25, 0.3) is 0 Å². The zero-order valence-corrected chi connectivity index (χ0v) is 14.1. The number of hydrogen-bond donors (Lipinski definition) is 2. The van der Waals surface area contributed by atoms with Crippen molar-refractivity contribution in [1.29, 1.82) is 0 Å². The normalized spacial score (nSPS) is 16.7. The Labute approximate surface area is 137 Å². The average molecular weight is 318 g/mol. The van der Waals surface area contributed by atoms with Crippen LogP contribution in [0.2, 0.25) is 0 Å². The molecule has 1 atom stereocenters.